The van der Waals surface area contributed by atoms with Crippen LogP contribution in [0.5, 0.6) is 0 Å². The van der Waals surface area contributed by atoms with Crippen LogP contribution >= 0.6 is 8.03 Å². The standard InChI is InChI=1S/C8H16NO3P/c1-5-7(10)9(4)8(6(2)3)13(11)12/h5-6,8,13H,1H2,2-4H3,(H,11,12). The normalized spacial score (nSPS) is 15.2. The quantitative estimate of drug-likeness (QED) is 0.552. The molecule has 0 bridgehead atoms. The molecule has 13 heavy (non-hydrogen) atoms. The van der Waals surface area contributed by atoms with Gasteiger partial charge in [-0.1, -0.05) is 20.4 Å². The third-order valence-electron chi connectivity index (χ3n) is 1.82. The average Bonchev–Trinajstić information content (AvgIpc) is 2.01. The molecule has 0 fully saturated rings. The highest BCUT2D eigenvalue weighted by Crippen LogP contribution is 2.31. The Bertz CT molecular complexity index is 227. The first kappa shape index (κ1) is 12.4. The first-order valence-electron chi connectivity index (χ1n) is 4.03. The number of likely N-dealkylation sites (N-methyl/N-ethyl adjacent to an activating group) is 1. The van der Waals surface area contributed by atoms with E-state index in [4.69, 9.17) is 4.89 Å². The summed E-state index contributed by atoms with van der Waals surface area (Å²) in [5, 5.41) is 0. The van der Waals surface area contributed by atoms with Crippen LogP contribution < -0.4 is 0 Å². The molecule has 5 heteroatoms. The van der Waals surface area contributed by atoms with Crippen molar-refractivity contribution in [3.05, 3.63) is 12.7 Å². The summed E-state index contributed by atoms with van der Waals surface area (Å²) in [5.41, 5.74) is 0. The zero-order valence-corrected chi connectivity index (χ0v) is 9.15. The predicted molar refractivity (Wildman–Crippen MR) is 52.8 cm³/mol. The van der Waals surface area contributed by atoms with Crippen molar-refractivity contribution in [3.8, 4) is 0 Å². The Morgan fingerprint density at radius 3 is 2.31 bits per heavy atom. The van der Waals surface area contributed by atoms with Gasteiger partial charge in [0.2, 0.25) is 13.9 Å². The number of amides is 1. The molecule has 0 spiro atoms. The Balaban J connectivity index is 4.64. The van der Waals surface area contributed by atoms with E-state index in [-0.39, 0.29) is 11.8 Å². The molecule has 0 rings (SSSR count). The monoisotopic (exact) mass is 205 g/mol. The highest BCUT2D eigenvalue weighted by molar-refractivity contribution is 7.38. The van der Waals surface area contributed by atoms with Crippen molar-refractivity contribution < 1.29 is 14.3 Å². The number of nitrogens with zero attached hydrogens (tertiary/aromatic N) is 1. The number of carbonyl (C=O) groups is 1. The van der Waals surface area contributed by atoms with Crippen LogP contribution in [0.15, 0.2) is 12.7 Å². The van der Waals surface area contributed by atoms with Gasteiger partial charge in [0.05, 0.1) is 0 Å². The Morgan fingerprint density at radius 1 is 1.62 bits per heavy atom. The van der Waals surface area contributed by atoms with Crippen LogP contribution in [-0.2, 0) is 9.36 Å². The van der Waals surface area contributed by atoms with E-state index in [9.17, 15) is 9.36 Å². The van der Waals surface area contributed by atoms with Crippen LogP contribution in [-0.4, -0.2) is 28.5 Å². The van der Waals surface area contributed by atoms with E-state index in [1.165, 1.54) is 11.9 Å². The lowest BCUT2D eigenvalue weighted by molar-refractivity contribution is -0.126. The molecule has 2 unspecified atom stereocenters. The average molecular weight is 205 g/mol. The molecule has 0 heterocycles. The van der Waals surface area contributed by atoms with Crippen LogP contribution in [0.1, 0.15) is 13.8 Å². The molecule has 0 radical (unpaired) electrons. The first-order chi connectivity index (χ1) is 5.91. The van der Waals surface area contributed by atoms with Crippen molar-refractivity contribution in [1.82, 2.24) is 4.90 Å². The van der Waals surface area contributed by atoms with Crippen molar-refractivity contribution in [1.29, 1.82) is 0 Å². The number of carbonyl (C=O) groups excluding carboxylic acids is 1. The van der Waals surface area contributed by atoms with E-state index < -0.39 is 13.8 Å². The molecule has 0 aliphatic rings. The van der Waals surface area contributed by atoms with E-state index in [2.05, 4.69) is 6.58 Å². The third kappa shape index (κ3) is 3.33. The molecule has 76 valence electrons. The summed E-state index contributed by atoms with van der Waals surface area (Å²) in [6.07, 6.45) is 1.14. The highest BCUT2D eigenvalue weighted by Gasteiger charge is 2.25. The largest absolute Gasteiger partial charge is 0.345 e. The molecule has 0 aromatic heterocycles. The molecule has 4 nitrogen and oxygen atoms in total. The lowest BCUT2D eigenvalue weighted by Gasteiger charge is -2.27. The fourth-order valence-electron chi connectivity index (χ4n) is 1.18. The third-order valence-corrected chi connectivity index (χ3v) is 3.38. The fraction of sp³-hybridized carbons (Fsp3) is 0.625. The molecule has 2 atom stereocenters. The molecule has 0 saturated carbocycles. The maximum atomic E-state index is 11.1. The van der Waals surface area contributed by atoms with Gasteiger partial charge in [0.25, 0.3) is 0 Å². The van der Waals surface area contributed by atoms with Gasteiger partial charge in [0, 0.05) is 7.05 Å². The highest BCUT2D eigenvalue weighted by atomic mass is 31.1. The van der Waals surface area contributed by atoms with Crippen molar-refractivity contribution in [3.63, 3.8) is 0 Å². The van der Waals surface area contributed by atoms with Crippen molar-refractivity contribution in [2.24, 2.45) is 5.92 Å². The summed E-state index contributed by atoms with van der Waals surface area (Å²) in [4.78, 5) is 21.4. The second kappa shape index (κ2) is 5.20. The zero-order chi connectivity index (χ0) is 10.6. The molecule has 1 amide bonds. The van der Waals surface area contributed by atoms with Gasteiger partial charge in [0.15, 0.2) is 0 Å². The van der Waals surface area contributed by atoms with E-state index in [0.717, 1.165) is 6.08 Å². The maximum absolute atomic E-state index is 11.1. The van der Waals surface area contributed by atoms with Crippen LogP contribution in [0.4, 0.5) is 0 Å². The van der Waals surface area contributed by atoms with Gasteiger partial charge in [0.1, 0.15) is 5.78 Å². The molecule has 0 aromatic rings. The number of hydrogen-bond donors (Lipinski definition) is 1. The van der Waals surface area contributed by atoms with Gasteiger partial charge in [-0.3, -0.25) is 9.36 Å². The number of rotatable bonds is 4. The van der Waals surface area contributed by atoms with Crippen LogP contribution in [0.3, 0.4) is 0 Å². The Hall–Kier alpha value is -0.600. The van der Waals surface area contributed by atoms with Crippen LogP contribution in [0.25, 0.3) is 0 Å². The van der Waals surface area contributed by atoms with E-state index in [1.807, 2.05) is 0 Å². The molecular formula is C8H16NO3P. The van der Waals surface area contributed by atoms with Crippen molar-refractivity contribution >= 4 is 13.9 Å². The minimum absolute atomic E-state index is 0.0368. The predicted octanol–water partition coefficient (Wildman–Crippen LogP) is 1.08. The van der Waals surface area contributed by atoms with E-state index in [0.29, 0.717) is 0 Å². The Labute approximate surface area is 79.1 Å². The second-order valence-corrected chi connectivity index (χ2v) is 4.45. The maximum Gasteiger partial charge on any atom is 0.246 e. The summed E-state index contributed by atoms with van der Waals surface area (Å²) in [7, 11) is -1.21. The molecule has 0 aliphatic heterocycles. The van der Waals surface area contributed by atoms with E-state index in [1.54, 1.807) is 13.8 Å². The van der Waals surface area contributed by atoms with Gasteiger partial charge in [-0.05, 0) is 12.0 Å². The van der Waals surface area contributed by atoms with Crippen molar-refractivity contribution in [2.45, 2.75) is 19.6 Å². The smallest absolute Gasteiger partial charge is 0.246 e. The summed E-state index contributed by atoms with van der Waals surface area (Å²) < 4.78 is 11.0. The van der Waals surface area contributed by atoms with Gasteiger partial charge in [-0.15, -0.1) is 0 Å². The molecule has 1 N–H and O–H groups in total. The molecular weight excluding hydrogens is 189 g/mol. The van der Waals surface area contributed by atoms with E-state index >= 15 is 0 Å². The molecule has 0 aliphatic carbocycles. The lowest BCUT2D eigenvalue weighted by Crippen LogP contribution is -2.36. The van der Waals surface area contributed by atoms with Crippen LogP contribution in [0.2, 0.25) is 0 Å². The lowest BCUT2D eigenvalue weighted by atomic mass is 10.2. The van der Waals surface area contributed by atoms with Gasteiger partial charge in [-0.25, -0.2) is 0 Å². The van der Waals surface area contributed by atoms with Crippen molar-refractivity contribution in [2.75, 3.05) is 7.05 Å². The zero-order valence-electron chi connectivity index (χ0n) is 8.15. The van der Waals surface area contributed by atoms with Gasteiger partial charge >= 0.3 is 0 Å². The second-order valence-electron chi connectivity index (χ2n) is 3.18. The summed E-state index contributed by atoms with van der Waals surface area (Å²) in [6.45, 7) is 6.92. The Kier molecular flexibility index (Phi) is 4.96. The van der Waals surface area contributed by atoms with Crippen LogP contribution in [0, 0.1) is 5.92 Å². The first-order valence-corrected chi connectivity index (χ1v) is 5.47. The minimum Gasteiger partial charge on any atom is -0.345 e. The van der Waals surface area contributed by atoms with Gasteiger partial charge in [-0.2, -0.15) is 0 Å². The fourth-order valence-corrected chi connectivity index (χ4v) is 2.21. The summed E-state index contributed by atoms with van der Waals surface area (Å²) in [5.74, 6) is -0.966. The summed E-state index contributed by atoms with van der Waals surface area (Å²) in [6, 6.07) is 0. The SMILES string of the molecule is C=CC(=O)N(C)C(C(C)C)[PH](=O)O. The minimum atomic E-state index is -2.72. The number of hydrogen-bond acceptors (Lipinski definition) is 2. The Morgan fingerprint density at radius 2 is 2.08 bits per heavy atom. The molecule has 0 aromatic carbocycles. The van der Waals surface area contributed by atoms with Gasteiger partial charge < -0.3 is 9.79 Å². The molecule has 0 saturated heterocycles. The summed E-state index contributed by atoms with van der Waals surface area (Å²) >= 11 is 0. The topological polar surface area (TPSA) is 57.6 Å².